The van der Waals surface area contributed by atoms with Crippen LogP contribution in [0.5, 0.6) is 5.75 Å². The number of nitrogens with zero attached hydrogens (tertiary/aromatic N) is 3. The van der Waals surface area contributed by atoms with Crippen LogP contribution in [0.25, 0.3) is 0 Å². The number of ether oxygens (including phenoxy) is 1. The van der Waals surface area contributed by atoms with Gasteiger partial charge in [-0.05, 0) is 77.7 Å². The van der Waals surface area contributed by atoms with Crippen LogP contribution in [0.1, 0.15) is 39.9 Å². The van der Waals surface area contributed by atoms with Crippen molar-refractivity contribution in [3.8, 4) is 5.75 Å². The molecule has 0 atom stereocenters. The molecular formula is C31H28FN3O3. The molecule has 2 heterocycles. The minimum atomic E-state index is -0.294. The van der Waals surface area contributed by atoms with Gasteiger partial charge in [-0.3, -0.25) is 14.6 Å². The van der Waals surface area contributed by atoms with Gasteiger partial charge in [-0.1, -0.05) is 30.3 Å². The summed E-state index contributed by atoms with van der Waals surface area (Å²) in [4.78, 5) is 33.6. The first-order valence-electron chi connectivity index (χ1n) is 12.6. The Kier molecular flexibility index (Phi) is 7.73. The lowest BCUT2D eigenvalue weighted by molar-refractivity contribution is -0.117. The average Bonchev–Trinajstić information content (AvgIpc) is 3.38. The van der Waals surface area contributed by atoms with Crippen LogP contribution in [-0.2, 0) is 24.5 Å². The third-order valence-electron chi connectivity index (χ3n) is 6.48. The molecule has 2 amide bonds. The first kappa shape index (κ1) is 25.1. The summed E-state index contributed by atoms with van der Waals surface area (Å²) in [7, 11) is 0. The topological polar surface area (TPSA) is 62.7 Å². The predicted octanol–water partition coefficient (Wildman–Crippen LogP) is 5.77. The molecule has 0 aliphatic carbocycles. The van der Waals surface area contributed by atoms with Crippen LogP contribution in [0.2, 0.25) is 0 Å². The molecule has 192 valence electrons. The zero-order chi connectivity index (χ0) is 26.3. The largest absolute Gasteiger partial charge is 0.489 e. The van der Waals surface area contributed by atoms with E-state index >= 15 is 0 Å². The number of carbonyl (C=O) groups excluding carboxylic acids is 2. The van der Waals surface area contributed by atoms with E-state index in [0.717, 1.165) is 28.8 Å². The molecule has 1 fully saturated rings. The zero-order valence-corrected chi connectivity index (χ0v) is 20.9. The van der Waals surface area contributed by atoms with Crippen LogP contribution in [0.3, 0.4) is 0 Å². The molecule has 0 saturated carbocycles. The minimum absolute atomic E-state index is 0.0861. The van der Waals surface area contributed by atoms with Gasteiger partial charge in [-0.25, -0.2) is 4.39 Å². The van der Waals surface area contributed by atoms with E-state index in [0.29, 0.717) is 37.4 Å². The lowest BCUT2D eigenvalue weighted by atomic mass is 10.1. The molecule has 7 heteroatoms. The fourth-order valence-electron chi connectivity index (χ4n) is 4.52. The monoisotopic (exact) mass is 509 g/mol. The van der Waals surface area contributed by atoms with Gasteiger partial charge in [0.25, 0.3) is 5.91 Å². The summed E-state index contributed by atoms with van der Waals surface area (Å²) in [5, 5.41) is 0. The highest BCUT2D eigenvalue weighted by atomic mass is 19.1. The molecule has 0 spiro atoms. The molecule has 0 bridgehead atoms. The first-order chi connectivity index (χ1) is 18.5. The van der Waals surface area contributed by atoms with E-state index in [2.05, 4.69) is 4.98 Å². The molecule has 4 aromatic rings. The van der Waals surface area contributed by atoms with Gasteiger partial charge in [0.1, 0.15) is 18.2 Å². The van der Waals surface area contributed by atoms with Crippen molar-refractivity contribution < 1.29 is 18.7 Å². The number of hydrogen-bond donors (Lipinski definition) is 0. The number of carbonyl (C=O) groups is 2. The van der Waals surface area contributed by atoms with E-state index in [4.69, 9.17) is 4.74 Å². The second-order valence-corrected chi connectivity index (χ2v) is 9.28. The smallest absolute Gasteiger partial charge is 0.254 e. The molecule has 1 aromatic heterocycles. The summed E-state index contributed by atoms with van der Waals surface area (Å²) < 4.78 is 19.2. The summed E-state index contributed by atoms with van der Waals surface area (Å²) in [5.41, 5.74) is 3.94. The van der Waals surface area contributed by atoms with Crippen molar-refractivity contribution >= 4 is 17.5 Å². The van der Waals surface area contributed by atoms with Crippen LogP contribution < -0.4 is 9.64 Å². The van der Waals surface area contributed by atoms with Gasteiger partial charge in [-0.15, -0.1) is 0 Å². The quantitative estimate of drug-likeness (QED) is 0.287. The summed E-state index contributed by atoms with van der Waals surface area (Å²) in [6.45, 7) is 1.73. The summed E-state index contributed by atoms with van der Waals surface area (Å²) in [6, 6.07) is 24.9. The highest BCUT2D eigenvalue weighted by Crippen LogP contribution is 2.24. The van der Waals surface area contributed by atoms with E-state index in [1.54, 1.807) is 40.4 Å². The van der Waals surface area contributed by atoms with Crippen LogP contribution in [-0.4, -0.2) is 28.2 Å². The number of rotatable bonds is 9. The molecule has 1 aliphatic rings. The Labute approximate surface area is 221 Å². The van der Waals surface area contributed by atoms with E-state index < -0.39 is 0 Å². The van der Waals surface area contributed by atoms with Gasteiger partial charge in [0.05, 0.1) is 0 Å². The lowest BCUT2D eigenvalue weighted by Gasteiger charge is -2.24. The molecule has 0 N–H and O–H groups in total. The molecule has 0 radical (unpaired) electrons. The summed E-state index contributed by atoms with van der Waals surface area (Å²) in [6.07, 6.45) is 4.78. The van der Waals surface area contributed by atoms with Gasteiger partial charge in [0.15, 0.2) is 0 Å². The maximum absolute atomic E-state index is 13.7. The number of anilines is 1. The maximum Gasteiger partial charge on any atom is 0.254 e. The Morgan fingerprint density at radius 3 is 2.34 bits per heavy atom. The number of halogens is 1. The van der Waals surface area contributed by atoms with Crippen LogP contribution >= 0.6 is 0 Å². The van der Waals surface area contributed by atoms with Gasteiger partial charge in [-0.2, -0.15) is 0 Å². The van der Waals surface area contributed by atoms with Crippen molar-refractivity contribution in [2.75, 3.05) is 11.4 Å². The number of amides is 2. The Morgan fingerprint density at radius 1 is 0.895 bits per heavy atom. The predicted molar refractivity (Wildman–Crippen MR) is 143 cm³/mol. The first-order valence-corrected chi connectivity index (χ1v) is 12.6. The van der Waals surface area contributed by atoms with Crippen molar-refractivity contribution in [2.45, 2.75) is 32.5 Å². The van der Waals surface area contributed by atoms with Crippen LogP contribution in [0.15, 0.2) is 97.3 Å². The number of aromatic nitrogens is 1. The molecular weight excluding hydrogens is 481 g/mol. The van der Waals surface area contributed by atoms with Gasteiger partial charge >= 0.3 is 0 Å². The zero-order valence-electron chi connectivity index (χ0n) is 20.9. The van der Waals surface area contributed by atoms with Crippen molar-refractivity contribution in [3.05, 3.63) is 125 Å². The Morgan fingerprint density at radius 2 is 1.63 bits per heavy atom. The van der Waals surface area contributed by atoms with Crippen molar-refractivity contribution in [1.82, 2.24) is 9.88 Å². The molecule has 1 aliphatic heterocycles. The fourth-order valence-corrected chi connectivity index (χ4v) is 4.52. The Bertz CT molecular complexity index is 1410. The number of pyridine rings is 1. The standard InChI is InChI=1S/C31H28FN3O3/c32-27-6-1-4-25(18-27)22-38-29-11-9-23(10-12-29)20-34(21-24-13-15-33-16-14-24)31(37)26-5-2-7-28(19-26)35-17-3-8-30(35)36/h1-2,4-7,9-16,18-19H,3,8,17,20-22H2. The second kappa shape index (κ2) is 11.7. The maximum atomic E-state index is 13.7. The van der Waals surface area contributed by atoms with Crippen molar-refractivity contribution in [2.24, 2.45) is 0 Å². The van der Waals surface area contributed by atoms with E-state index in [1.807, 2.05) is 54.6 Å². The van der Waals surface area contributed by atoms with Gasteiger partial charge in [0.2, 0.25) is 5.91 Å². The summed E-state index contributed by atoms with van der Waals surface area (Å²) in [5.74, 6) is 0.329. The Hall–Kier alpha value is -4.52. The normalized spacial score (nSPS) is 13.0. The van der Waals surface area contributed by atoms with Crippen LogP contribution in [0, 0.1) is 5.82 Å². The van der Waals surface area contributed by atoms with E-state index in [1.165, 1.54) is 12.1 Å². The third-order valence-corrected chi connectivity index (χ3v) is 6.48. The minimum Gasteiger partial charge on any atom is -0.489 e. The highest BCUT2D eigenvalue weighted by molar-refractivity contribution is 5.99. The van der Waals surface area contributed by atoms with Gasteiger partial charge in [0, 0.05) is 49.7 Å². The molecule has 6 nitrogen and oxygen atoms in total. The molecule has 5 rings (SSSR count). The number of benzene rings is 3. The average molecular weight is 510 g/mol. The lowest BCUT2D eigenvalue weighted by Crippen LogP contribution is -2.30. The molecule has 38 heavy (non-hydrogen) atoms. The molecule has 0 unspecified atom stereocenters. The summed E-state index contributed by atoms with van der Waals surface area (Å²) >= 11 is 0. The van der Waals surface area contributed by atoms with E-state index in [9.17, 15) is 14.0 Å². The van der Waals surface area contributed by atoms with Crippen molar-refractivity contribution in [1.29, 1.82) is 0 Å². The number of hydrogen-bond acceptors (Lipinski definition) is 4. The second-order valence-electron chi connectivity index (χ2n) is 9.28. The molecule has 3 aromatic carbocycles. The van der Waals surface area contributed by atoms with Gasteiger partial charge < -0.3 is 14.5 Å². The highest BCUT2D eigenvalue weighted by Gasteiger charge is 2.23. The van der Waals surface area contributed by atoms with Crippen LogP contribution in [0.4, 0.5) is 10.1 Å². The molecule has 1 saturated heterocycles. The van der Waals surface area contributed by atoms with Crippen molar-refractivity contribution in [3.63, 3.8) is 0 Å². The van der Waals surface area contributed by atoms with E-state index in [-0.39, 0.29) is 24.2 Å². The fraction of sp³-hybridized carbons (Fsp3) is 0.194. The SMILES string of the molecule is O=C(c1cccc(N2CCCC2=O)c1)N(Cc1ccncc1)Cc1ccc(OCc2cccc(F)c2)cc1. The Balaban J connectivity index is 1.32. The third kappa shape index (κ3) is 6.24.